The van der Waals surface area contributed by atoms with Crippen molar-refractivity contribution in [2.45, 2.75) is 31.8 Å². The minimum absolute atomic E-state index is 0.193. The Labute approximate surface area is 107 Å². The van der Waals surface area contributed by atoms with Crippen LogP contribution in [0.2, 0.25) is 0 Å². The fourth-order valence-corrected chi connectivity index (χ4v) is 4.96. The number of hydrogen-bond acceptors (Lipinski definition) is 2. The molecule has 2 aliphatic heterocycles. The summed E-state index contributed by atoms with van der Waals surface area (Å²) in [6, 6.07) is 6.50. The van der Waals surface area contributed by atoms with E-state index < -0.39 is 0 Å². The molecule has 0 amide bonds. The van der Waals surface area contributed by atoms with E-state index in [1.807, 2.05) is 10.6 Å². The molecule has 18 heavy (non-hydrogen) atoms. The molecular formula is C15H20N2O. The van der Waals surface area contributed by atoms with Gasteiger partial charge in [-0.05, 0) is 37.3 Å². The van der Waals surface area contributed by atoms with Gasteiger partial charge in [-0.2, -0.15) is 0 Å². The van der Waals surface area contributed by atoms with Crippen molar-refractivity contribution in [2.24, 2.45) is 17.8 Å². The third-order valence-corrected chi connectivity index (χ3v) is 5.63. The maximum Gasteiger partial charge on any atom is 0.250 e. The van der Waals surface area contributed by atoms with Crippen LogP contribution in [0.1, 0.15) is 25.0 Å². The molecule has 96 valence electrons. The van der Waals surface area contributed by atoms with Crippen LogP contribution in [0.4, 0.5) is 0 Å². The van der Waals surface area contributed by atoms with Gasteiger partial charge in [0.15, 0.2) is 0 Å². The first kappa shape index (κ1) is 10.8. The van der Waals surface area contributed by atoms with Gasteiger partial charge in [-0.25, -0.2) is 0 Å². The Hall–Kier alpha value is -1.09. The van der Waals surface area contributed by atoms with Crippen LogP contribution in [-0.2, 0) is 6.54 Å². The largest absolute Gasteiger partial charge is 0.312 e. The monoisotopic (exact) mass is 244 g/mol. The van der Waals surface area contributed by atoms with Crippen LogP contribution < -0.4 is 5.56 Å². The van der Waals surface area contributed by atoms with E-state index in [4.69, 9.17) is 0 Å². The van der Waals surface area contributed by atoms with E-state index in [1.54, 1.807) is 6.07 Å². The van der Waals surface area contributed by atoms with Crippen LogP contribution in [0.5, 0.6) is 0 Å². The van der Waals surface area contributed by atoms with Crippen molar-refractivity contribution in [3.63, 3.8) is 0 Å². The number of rotatable bonds is 0. The molecule has 1 saturated carbocycles. The molecule has 0 aromatic carbocycles. The highest BCUT2D eigenvalue weighted by Gasteiger charge is 2.53. The Morgan fingerprint density at radius 2 is 2.11 bits per heavy atom. The van der Waals surface area contributed by atoms with Gasteiger partial charge in [0, 0.05) is 36.8 Å². The minimum Gasteiger partial charge on any atom is -0.312 e. The van der Waals surface area contributed by atoms with Gasteiger partial charge in [-0.15, -0.1) is 0 Å². The lowest BCUT2D eigenvalue weighted by atomic mass is 9.72. The maximum atomic E-state index is 12.0. The van der Waals surface area contributed by atoms with Crippen LogP contribution in [0, 0.1) is 17.8 Å². The minimum atomic E-state index is 0.193. The summed E-state index contributed by atoms with van der Waals surface area (Å²) in [5.41, 5.74) is 1.47. The van der Waals surface area contributed by atoms with Crippen molar-refractivity contribution in [2.75, 3.05) is 13.6 Å². The van der Waals surface area contributed by atoms with Gasteiger partial charge in [-0.1, -0.05) is 13.0 Å². The molecule has 5 atom stereocenters. The fourth-order valence-electron chi connectivity index (χ4n) is 4.96. The molecule has 1 aromatic heterocycles. The average Bonchev–Trinajstić information content (AvgIpc) is 2.60. The summed E-state index contributed by atoms with van der Waals surface area (Å²) in [5.74, 6) is 2.86. The number of likely N-dealkylation sites (tertiary alicyclic amines) is 1. The first-order valence-electron chi connectivity index (χ1n) is 7.07. The molecule has 2 fully saturated rings. The zero-order chi connectivity index (χ0) is 12.4. The molecule has 1 aromatic rings. The first-order chi connectivity index (χ1) is 8.66. The summed E-state index contributed by atoms with van der Waals surface area (Å²) >= 11 is 0. The maximum absolute atomic E-state index is 12.0. The van der Waals surface area contributed by atoms with E-state index in [0.717, 1.165) is 24.9 Å². The number of fused-ring (bicyclic) bond motifs is 2. The van der Waals surface area contributed by atoms with Gasteiger partial charge in [-0.3, -0.25) is 4.79 Å². The molecule has 3 aliphatic rings. The van der Waals surface area contributed by atoms with Crippen molar-refractivity contribution in [3.8, 4) is 0 Å². The lowest BCUT2D eigenvalue weighted by Gasteiger charge is -2.47. The van der Waals surface area contributed by atoms with Crippen LogP contribution in [0.25, 0.3) is 0 Å². The van der Waals surface area contributed by atoms with Crippen LogP contribution >= 0.6 is 0 Å². The first-order valence-corrected chi connectivity index (χ1v) is 7.07. The van der Waals surface area contributed by atoms with Crippen LogP contribution in [-0.4, -0.2) is 29.1 Å². The SMILES string of the molecule is C[C@@H]1CC2C3Cn4c(cccc4=O)C(CN2C)C31. The molecule has 4 bridgehead atoms. The molecule has 0 radical (unpaired) electrons. The summed E-state index contributed by atoms with van der Waals surface area (Å²) in [4.78, 5) is 14.6. The van der Waals surface area contributed by atoms with Gasteiger partial charge in [0.05, 0.1) is 0 Å². The Morgan fingerprint density at radius 3 is 2.94 bits per heavy atom. The van der Waals surface area contributed by atoms with Gasteiger partial charge in [0.1, 0.15) is 0 Å². The molecule has 0 N–H and O–H groups in total. The summed E-state index contributed by atoms with van der Waals surface area (Å²) in [6.45, 7) is 4.47. The Morgan fingerprint density at radius 1 is 1.28 bits per heavy atom. The Balaban J connectivity index is 1.91. The highest BCUT2D eigenvalue weighted by atomic mass is 16.1. The van der Waals surface area contributed by atoms with Crippen LogP contribution in [0.15, 0.2) is 23.0 Å². The van der Waals surface area contributed by atoms with E-state index >= 15 is 0 Å². The van der Waals surface area contributed by atoms with E-state index in [1.165, 1.54) is 12.1 Å². The van der Waals surface area contributed by atoms with E-state index in [9.17, 15) is 4.79 Å². The number of likely N-dealkylation sites (N-methyl/N-ethyl adjacent to an activating group) is 1. The molecule has 1 aliphatic carbocycles. The Bertz CT molecular complexity index is 550. The molecule has 0 spiro atoms. The quantitative estimate of drug-likeness (QED) is 0.691. The predicted molar refractivity (Wildman–Crippen MR) is 70.6 cm³/mol. The summed E-state index contributed by atoms with van der Waals surface area (Å²) < 4.78 is 2.05. The molecule has 1 saturated heterocycles. The van der Waals surface area contributed by atoms with Crippen molar-refractivity contribution in [3.05, 3.63) is 34.2 Å². The number of aromatic nitrogens is 1. The molecule has 3 heteroatoms. The summed E-state index contributed by atoms with van der Waals surface area (Å²) in [6.07, 6.45) is 1.31. The van der Waals surface area contributed by atoms with E-state index in [0.29, 0.717) is 17.9 Å². The highest BCUT2D eigenvalue weighted by Crippen LogP contribution is 2.53. The highest BCUT2D eigenvalue weighted by molar-refractivity contribution is 5.22. The molecule has 3 nitrogen and oxygen atoms in total. The third-order valence-electron chi connectivity index (χ3n) is 5.63. The molecule has 3 heterocycles. The standard InChI is InChI=1S/C15H20N2O/c1-9-6-13-11-8-17-12(4-3-5-14(17)18)10(15(9)11)7-16(13)2/h3-5,9-11,13,15H,6-8H2,1-2H3/t9-,10?,11?,13?,15?/m1/s1. The van der Waals surface area contributed by atoms with Crippen molar-refractivity contribution >= 4 is 0 Å². The van der Waals surface area contributed by atoms with Crippen LogP contribution in [0.3, 0.4) is 0 Å². The normalized spacial score (nSPS) is 41.8. The number of piperidine rings is 1. The molecular weight excluding hydrogens is 224 g/mol. The molecule has 4 rings (SSSR count). The topological polar surface area (TPSA) is 25.2 Å². The predicted octanol–water partition coefficient (Wildman–Crippen LogP) is 1.53. The third kappa shape index (κ3) is 1.21. The van der Waals surface area contributed by atoms with Gasteiger partial charge in [0.25, 0.3) is 5.56 Å². The zero-order valence-corrected chi connectivity index (χ0v) is 11.0. The van der Waals surface area contributed by atoms with Crippen molar-refractivity contribution in [1.82, 2.24) is 9.47 Å². The summed E-state index contributed by atoms with van der Waals surface area (Å²) in [5, 5.41) is 0. The Kier molecular flexibility index (Phi) is 2.08. The number of nitrogens with zero attached hydrogens (tertiary/aromatic N) is 2. The average molecular weight is 244 g/mol. The second-order valence-electron chi connectivity index (χ2n) is 6.47. The fraction of sp³-hybridized carbons (Fsp3) is 0.667. The van der Waals surface area contributed by atoms with Gasteiger partial charge < -0.3 is 9.47 Å². The molecule has 4 unspecified atom stereocenters. The van der Waals surface area contributed by atoms with Crippen molar-refractivity contribution < 1.29 is 0 Å². The second kappa shape index (κ2) is 3.47. The lowest BCUT2D eigenvalue weighted by Crippen LogP contribution is -2.52. The number of hydrogen-bond donors (Lipinski definition) is 0. The lowest BCUT2D eigenvalue weighted by molar-refractivity contribution is 0.0600. The van der Waals surface area contributed by atoms with Gasteiger partial charge in [0.2, 0.25) is 0 Å². The zero-order valence-electron chi connectivity index (χ0n) is 11.0. The van der Waals surface area contributed by atoms with E-state index in [2.05, 4.69) is 24.9 Å². The second-order valence-corrected chi connectivity index (χ2v) is 6.47. The van der Waals surface area contributed by atoms with E-state index in [-0.39, 0.29) is 5.56 Å². The smallest absolute Gasteiger partial charge is 0.250 e. The van der Waals surface area contributed by atoms with Crippen molar-refractivity contribution in [1.29, 1.82) is 0 Å². The number of pyridine rings is 1. The van der Waals surface area contributed by atoms with Gasteiger partial charge >= 0.3 is 0 Å². The summed E-state index contributed by atoms with van der Waals surface area (Å²) in [7, 11) is 2.26.